The molecular formula is C13H12BrF4N3O2. The van der Waals surface area contributed by atoms with Gasteiger partial charge in [0, 0.05) is 18.5 Å². The van der Waals surface area contributed by atoms with Crippen LogP contribution in [0, 0.1) is 5.82 Å². The number of rotatable bonds is 1. The van der Waals surface area contributed by atoms with Gasteiger partial charge >= 0.3 is 12.1 Å². The first kappa shape index (κ1) is 17.7. The lowest BCUT2D eigenvalue weighted by atomic mass is 10.2. The third-order valence-electron chi connectivity index (χ3n) is 3.18. The number of hydrogen-bond donors (Lipinski definition) is 2. The van der Waals surface area contributed by atoms with Gasteiger partial charge in [0.2, 0.25) is 0 Å². The van der Waals surface area contributed by atoms with Gasteiger partial charge in [-0.15, -0.1) is 0 Å². The van der Waals surface area contributed by atoms with Crippen LogP contribution in [0.4, 0.5) is 17.6 Å². The number of alkyl halides is 3. The van der Waals surface area contributed by atoms with Crippen LogP contribution in [0.5, 0.6) is 0 Å². The highest BCUT2D eigenvalue weighted by Crippen LogP contribution is 2.24. The van der Waals surface area contributed by atoms with Crippen LogP contribution < -0.4 is 5.32 Å². The van der Waals surface area contributed by atoms with Crippen molar-refractivity contribution in [2.24, 2.45) is 0 Å². The van der Waals surface area contributed by atoms with E-state index in [9.17, 15) is 17.6 Å². The van der Waals surface area contributed by atoms with Crippen LogP contribution in [0.3, 0.4) is 0 Å². The van der Waals surface area contributed by atoms with Gasteiger partial charge in [0.1, 0.15) is 11.5 Å². The molecule has 0 aromatic carbocycles. The quantitative estimate of drug-likeness (QED) is 0.724. The second-order valence-electron chi connectivity index (χ2n) is 4.85. The number of pyridine rings is 1. The van der Waals surface area contributed by atoms with Crippen molar-refractivity contribution in [3.8, 4) is 0 Å². The zero-order chi connectivity index (χ0) is 17.2. The van der Waals surface area contributed by atoms with Crippen LogP contribution >= 0.6 is 15.9 Å². The van der Waals surface area contributed by atoms with Crippen molar-refractivity contribution >= 4 is 27.5 Å². The predicted octanol–water partition coefficient (Wildman–Crippen LogP) is 3.29. The fraction of sp³-hybridized carbons (Fsp3) is 0.385. The summed E-state index contributed by atoms with van der Waals surface area (Å²) in [5.41, 5.74) is 1.65. The van der Waals surface area contributed by atoms with E-state index in [1.807, 2.05) is 10.6 Å². The molecule has 126 valence electrons. The van der Waals surface area contributed by atoms with E-state index in [1.165, 1.54) is 12.5 Å². The molecule has 0 amide bonds. The van der Waals surface area contributed by atoms with Crippen molar-refractivity contribution in [1.82, 2.24) is 14.7 Å². The Hall–Kier alpha value is -1.68. The van der Waals surface area contributed by atoms with E-state index in [2.05, 4.69) is 26.2 Å². The lowest BCUT2D eigenvalue weighted by Gasteiger charge is -2.04. The highest BCUT2D eigenvalue weighted by Gasteiger charge is 2.38. The monoisotopic (exact) mass is 397 g/mol. The first-order chi connectivity index (χ1) is 10.7. The molecule has 0 saturated carbocycles. The van der Waals surface area contributed by atoms with Crippen LogP contribution in [0.25, 0.3) is 5.65 Å². The molecule has 1 atom stereocenters. The fourth-order valence-electron chi connectivity index (χ4n) is 2.11. The molecule has 1 aliphatic rings. The molecule has 1 aliphatic heterocycles. The lowest BCUT2D eigenvalue weighted by Crippen LogP contribution is -2.21. The minimum Gasteiger partial charge on any atom is -0.475 e. The predicted molar refractivity (Wildman–Crippen MR) is 76.5 cm³/mol. The lowest BCUT2D eigenvalue weighted by molar-refractivity contribution is -0.192. The maximum absolute atomic E-state index is 13.3. The first-order valence-electron chi connectivity index (χ1n) is 6.55. The molecular weight excluding hydrogens is 386 g/mol. The number of carboxylic acids is 1. The summed E-state index contributed by atoms with van der Waals surface area (Å²) in [5, 5.41) is 10.5. The number of nitrogens with one attached hydrogen (secondary N) is 1. The van der Waals surface area contributed by atoms with Crippen molar-refractivity contribution in [3.63, 3.8) is 0 Å². The van der Waals surface area contributed by atoms with Crippen molar-refractivity contribution in [2.75, 3.05) is 6.54 Å². The Bertz CT molecular complexity index is 672. The molecule has 3 rings (SSSR count). The number of aromatic nitrogens is 2. The van der Waals surface area contributed by atoms with Crippen LogP contribution in [0.2, 0.25) is 0 Å². The molecule has 10 heteroatoms. The van der Waals surface area contributed by atoms with Crippen LogP contribution in [-0.4, -0.2) is 33.2 Å². The third-order valence-corrected chi connectivity index (χ3v) is 3.76. The van der Waals surface area contributed by atoms with Crippen molar-refractivity contribution < 1.29 is 27.5 Å². The van der Waals surface area contributed by atoms with Crippen molar-refractivity contribution in [2.45, 2.75) is 25.1 Å². The number of nitrogens with zero attached hydrogens (tertiary/aromatic N) is 2. The maximum atomic E-state index is 13.3. The minimum atomic E-state index is -5.08. The molecule has 5 nitrogen and oxygen atoms in total. The molecule has 1 fully saturated rings. The summed E-state index contributed by atoms with van der Waals surface area (Å²) in [6.45, 7) is 1.04. The number of hydrogen-bond acceptors (Lipinski definition) is 3. The molecule has 2 aromatic rings. The van der Waals surface area contributed by atoms with Crippen LogP contribution in [-0.2, 0) is 4.79 Å². The normalized spacial score (nSPS) is 17.9. The summed E-state index contributed by atoms with van der Waals surface area (Å²) in [5.74, 6) is -3.03. The summed E-state index contributed by atoms with van der Waals surface area (Å²) < 4.78 is 47.4. The van der Waals surface area contributed by atoms with Crippen molar-refractivity contribution in [1.29, 1.82) is 0 Å². The molecule has 0 spiro atoms. The average molecular weight is 398 g/mol. The van der Waals surface area contributed by atoms with E-state index < -0.39 is 12.1 Å². The van der Waals surface area contributed by atoms with Gasteiger partial charge in [0.25, 0.3) is 0 Å². The SMILES string of the molecule is Fc1cc2nc([C@H]3CCCN3)cn2cc1Br.O=C(O)C(F)(F)F. The molecule has 1 saturated heterocycles. The topological polar surface area (TPSA) is 66.6 Å². The van der Waals surface area contributed by atoms with E-state index in [0.29, 0.717) is 16.2 Å². The number of halogens is 5. The van der Waals surface area contributed by atoms with E-state index in [-0.39, 0.29) is 5.82 Å². The van der Waals surface area contributed by atoms with Gasteiger partial charge < -0.3 is 14.8 Å². The van der Waals surface area contributed by atoms with E-state index in [4.69, 9.17) is 9.90 Å². The Morgan fingerprint density at radius 1 is 1.43 bits per heavy atom. The number of carboxylic acid groups (broad SMARTS) is 1. The largest absolute Gasteiger partial charge is 0.490 e. The van der Waals surface area contributed by atoms with E-state index in [0.717, 1.165) is 18.7 Å². The van der Waals surface area contributed by atoms with Gasteiger partial charge in [0.15, 0.2) is 0 Å². The second kappa shape index (κ2) is 6.83. The zero-order valence-corrected chi connectivity index (χ0v) is 13.2. The zero-order valence-electron chi connectivity index (χ0n) is 11.6. The summed E-state index contributed by atoms with van der Waals surface area (Å²) >= 11 is 3.17. The number of aliphatic carboxylic acids is 1. The number of fused-ring (bicyclic) bond motifs is 1. The number of carbonyl (C=O) groups is 1. The van der Waals surface area contributed by atoms with Gasteiger partial charge in [0.05, 0.1) is 16.2 Å². The summed E-state index contributed by atoms with van der Waals surface area (Å²) in [4.78, 5) is 13.3. The summed E-state index contributed by atoms with van der Waals surface area (Å²) in [6, 6.07) is 1.77. The van der Waals surface area contributed by atoms with Crippen LogP contribution in [0.1, 0.15) is 24.6 Å². The number of imidazole rings is 1. The van der Waals surface area contributed by atoms with Gasteiger partial charge in [-0.3, -0.25) is 0 Å². The molecule has 3 heterocycles. The Morgan fingerprint density at radius 2 is 2.09 bits per heavy atom. The minimum absolute atomic E-state index is 0.274. The molecule has 2 N–H and O–H groups in total. The molecule has 0 unspecified atom stereocenters. The smallest absolute Gasteiger partial charge is 0.475 e. The molecule has 0 radical (unpaired) electrons. The van der Waals surface area contributed by atoms with Gasteiger partial charge in [-0.05, 0) is 35.3 Å². The maximum Gasteiger partial charge on any atom is 0.490 e. The standard InChI is InChI=1S/C11H11BrFN3.C2HF3O2/c12-7-5-16-6-10(9-2-1-3-14-9)15-11(16)4-8(7)13;3-2(4,5)1(6)7/h4-6,9,14H,1-3H2;(H,6,7)/t9-;/m1./s1. The van der Waals surface area contributed by atoms with E-state index >= 15 is 0 Å². The average Bonchev–Trinajstić information content (AvgIpc) is 3.07. The van der Waals surface area contributed by atoms with Crippen LogP contribution in [0.15, 0.2) is 22.9 Å². The Kier molecular flexibility index (Phi) is 5.25. The summed E-state index contributed by atoms with van der Waals surface area (Å²) in [6.07, 6.45) is 0.864. The fourth-order valence-corrected chi connectivity index (χ4v) is 2.44. The first-order valence-corrected chi connectivity index (χ1v) is 7.35. The van der Waals surface area contributed by atoms with E-state index in [1.54, 1.807) is 6.20 Å². The van der Waals surface area contributed by atoms with Crippen molar-refractivity contribution in [3.05, 3.63) is 34.4 Å². The molecule has 0 bridgehead atoms. The Balaban J connectivity index is 0.000000236. The van der Waals surface area contributed by atoms with Gasteiger partial charge in [-0.2, -0.15) is 13.2 Å². The second-order valence-corrected chi connectivity index (χ2v) is 5.71. The summed E-state index contributed by atoms with van der Waals surface area (Å²) in [7, 11) is 0. The molecule has 2 aromatic heterocycles. The Morgan fingerprint density at radius 3 is 2.61 bits per heavy atom. The van der Waals surface area contributed by atoms with Gasteiger partial charge in [-0.1, -0.05) is 0 Å². The Labute approximate surface area is 136 Å². The highest BCUT2D eigenvalue weighted by molar-refractivity contribution is 9.10. The molecule has 0 aliphatic carbocycles. The third kappa shape index (κ3) is 4.41. The molecule has 23 heavy (non-hydrogen) atoms. The van der Waals surface area contributed by atoms with Gasteiger partial charge in [-0.25, -0.2) is 14.2 Å². The highest BCUT2D eigenvalue weighted by atomic mass is 79.9.